The molecule has 0 radical (unpaired) electrons. The van der Waals surface area contributed by atoms with Gasteiger partial charge >= 0.3 is 5.13 Å². The van der Waals surface area contributed by atoms with E-state index in [0.29, 0.717) is 46.2 Å². The maximum Gasteiger partial charge on any atom is 0.431 e. The van der Waals surface area contributed by atoms with Crippen molar-refractivity contribution < 1.29 is 24.4 Å². The SMILES string of the molecule is CNc1ccc(Cc2ccc(Nc3cc(NC(C)=O)c(N=Nc4sc(N(CC(C)O)CC(C)O)n[n+]4C)cc3OC)cc2)cc1. The molecule has 0 saturated heterocycles. The lowest BCUT2D eigenvalue weighted by Gasteiger charge is -2.23. The summed E-state index contributed by atoms with van der Waals surface area (Å²) in [4.78, 5) is 13.9. The first kappa shape index (κ1) is 33.3. The first-order valence-electron chi connectivity index (χ1n) is 14.6. The van der Waals surface area contributed by atoms with Crippen LogP contribution in [0.5, 0.6) is 5.75 Å². The van der Waals surface area contributed by atoms with Crippen LogP contribution >= 0.6 is 11.3 Å². The fraction of sp³-hybridized carbons (Fsp3) is 0.344. The molecule has 2 atom stereocenters. The van der Waals surface area contributed by atoms with Gasteiger partial charge in [0.05, 0.1) is 35.8 Å². The topological polar surface area (TPSA) is 148 Å². The van der Waals surface area contributed by atoms with E-state index < -0.39 is 12.2 Å². The molecule has 1 heterocycles. The third kappa shape index (κ3) is 9.45. The van der Waals surface area contributed by atoms with Crippen molar-refractivity contribution in [3.63, 3.8) is 0 Å². The van der Waals surface area contributed by atoms with Crippen LogP contribution in [0.2, 0.25) is 0 Å². The molecule has 0 aliphatic carbocycles. The van der Waals surface area contributed by atoms with E-state index in [2.05, 4.69) is 67.7 Å². The Kier molecular flexibility index (Phi) is 11.4. The molecule has 45 heavy (non-hydrogen) atoms. The molecule has 13 heteroatoms. The van der Waals surface area contributed by atoms with E-state index in [4.69, 9.17) is 4.74 Å². The van der Waals surface area contributed by atoms with Crippen LogP contribution in [-0.2, 0) is 18.3 Å². The second kappa shape index (κ2) is 15.4. The summed E-state index contributed by atoms with van der Waals surface area (Å²) in [5.41, 5.74) is 5.83. The molecule has 1 aromatic heterocycles. The Hall–Kier alpha value is -4.59. The van der Waals surface area contributed by atoms with E-state index in [1.807, 2.05) is 19.2 Å². The van der Waals surface area contributed by atoms with Crippen LogP contribution in [0.4, 0.5) is 38.7 Å². The first-order valence-corrected chi connectivity index (χ1v) is 15.4. The average Bonchev–Trinajstić information content (AvgIpc) is 3.37. The lowest BCUT2D eigenvalue weighted by atomic mass is 10.0. The summed E-state index contributed by atoms with van der Waals surface area (Å²) in [7, 11) is 5.21. The lowest BCUT2D eigenvalue weighted by molar-refractivity contribution is -0.712. The number of methoxy groups -OCH3 is 1. The predicted octanol–water partition coefficient (Wildman–Crippen LogP) is 5.29. The van der Waals surface area contributed by atoms with Gasteiger partial charge in [-0.15, -0.1) is 4.68 Å². The van der Waals surface area contributed by atoms with Crippen LogP contribution in [0.15, 0.2) is 70.9 Å². The van der Waals surface area contributed by atoms with E-state index in [1.165, 1.54) is 29.4 Å². The largest absolute Gasteiger partial charge is 0.494 e. The zero-order valence-corrected chi connectivity index (χ0v) is 27.2. The van der Waals surface area contributed by atoms with E-state index in [1.54, 1.807) is 49.7 Å². The van der Waals surface area contributed by atoms with Crippen molar-refractivity contribution in [2.45, 2.75) is 39.4 Å². The van der Waals surface area contributed by atoms with E-state index >= 15 is 0 Å². The van der Waals surface area contributed by atoms with E-state index in [9.17, 15) is 15.0 Å². The molecular formula is C32H41N8O4S+. The highest BCUT2D eigenvalue weighted by molar-refractivity contribution is 7.18. The smallest absolute Gasteiger partial charge is 0.431 e. The molecule has 3 aromatic carbocycles. The molecule has 4 rings (SSSR count). The summed E-state index contributed by atoms with van der Waals surface area (Å²) in [6.45, 7) is 5.40. The predicted molar refractivity (Wildman–Crippen MR) is 179 cm³/mol. The Balaban J connectivity index is 1.56. The number of aliphatic hydroxyl groups is 2. The number of nitrogens with one attached hydrogen (secondary N) is 3. The third-order valence-electron chi connectivity index (χ3n) is 6.69. The standard InChI is InChI=1S/C32H40N8O4S/c1-20(41)18-40(19-21(2)42)32-38-39(5)31(45-32)37-36-28-17-30(44-6)29(16-27(28)34-22(3)43)35-26-13-9-24(10-14-26)15-23-7-11-25(33-4)12-8-23/h7-14,16-17,20-21,33,41-42H,15,18-19H2,1-6H3,(H,34,35,43)/p+1. The highest BCUT2D eigenvalue weighted by Gasteiger charge is 2.23. The number of rotatable bonds is 14. The van der Waals surface area contributed by atoms with Gasteiger partial charge in [0.25, 0.3) is 0 Å². The molecule has 5 N–H and O–H groups in total. The monoisotopic (exact) mass is 633 g/mol. The molecule has 1 amide bonds. The first-order chi connectivity index (χ1) is 21.5. The molecule has 0 saturated carbocycles. The van der Waals surface area contributed by atoms with Gasteiger partial charge in [-0.1, -0.05) is 29.4 Å². The van der Waals surface area contributed by atoms with Gasteiger partial charge < -0.3 is 35.8 Å². The molecular weight excluding hydrogens is 592 g/mol. The Morgan fingerprint density at radius 1 is 0.978 bits per heavy atom. The summed E-state index contributed by atoms with van der Waals surface area (Å²) in [6.07, 6.45) is -0.401. The van der Waals surface area contributed by atoms with Crippen molar-refractivity contribution in [2.24, 2.45) is 17.3 Å². The minimum atomic E-state index is -0.609. The molecule has 0 aliphatic rings. The minimum absolute atomic E-state index is 0.257. The molecule has 238 valence electrons. The van der Waals surface area contributed by atoms with Gasteiger partial charge in [0, 0.05) is 44.5 Å². The second-order valence-corrected chi connectivity index (χ2v) is 11.7. The number of aromatic nitrogens is 2. The molecule has 4 aromatic rings. The van der Waals surface area contributed by atoms with Crippen LogP contribution in [0, 0.1) is 0 Å². The number of carbonyl (C=O) groups excluding carboxylic acids is 1. The van der Waals surface area contributed by atoms with Crippen LogP contribution in [-0.4, -0.2) is 60.7 Å². The minimum Gasteiger partial charge on any atom is -0.494 e. The number of carbonyl (C=O) groups is 1. The molecule has 0 bridgehead atoms. The number of benzene rings is 3. The average molecular weight is 634 g/mol. The van der Waals surface area contributed by atoms with Gasteiger partial charge in [-0.3, -0.25) is 4.79 Å². The summed E-state index contributed by atoms with van der Waals surface area (Å²) in [5, 5.41) is 43.6. The van der Waals surface area contributed by atoms with Gasteiger partial charge in [-0.25, -0.2) is 0 Å². The number of hydrogen-bond acceptors (Lipinski definition) is 11. The van der Waals surface area contributed by atoms with Gasteiger partial charge in [0.15, 0.2) is 0 Å². The number of hydrogen-bond donors (Lipinski definition) is 5. The number of azo groups is 1. The molecule has 0 fully saturated rings. The Morgan fingerprint density at radius 2 is 1.58 bits per heavy atom. The molecule has 0 aliphatic heterocycles. The van der Waals surface area contributed by atoms with Crippen molar-refractivity contribution in [1.82, 2.24) is 5.10 Å². The number of ether oxygens (including phenoxy) is 1. The summed E-state index contributed by atoms with van der Waals surface area (Å²) in [6, 6.07) is 20.0. The highest BCUT2D eigenvalue weighted by Crippen LogP contribution is 2.39. The maximum atomic E-state index is 12.1. The Bertz CT molecular complexity index is 1590. The van der Waals surface area contributed by atoms with Crippen LogP contribution < -0.4 is 30.3 Å². The van der Waals surface area contributed by atoms with Gasteiger partial charge in [0.1, 0.15) is 18.5 Å². The van der Waals surface area contributed by atoms with E-state index in [-0.39, 0.29) is 5.91 Å². The third-order valence-corrected chi connectivity index (χ3v) is 7.74. The summed E-state index contributed by atoms with van der Waals surface area (Å²) < 4.78 is 7.25. The van der Waals surface area contributed by atoms with Crippen molar-refractivity contribution in [1.29, 1.82) is 0 Å². The van der Waals surface area contributed by atoms with Crippen molar-refractivity contribution in [3.8, 4) is 5.75 Å². The molecule has 0 spiro atoms. The van der Waals surface area contributed by atoms with Gasteiger partial charge in [0.2, 0.25) is 11.0 Å². The Morgan fingerprint density at radius 3 is 2.11 bits per heavy atom. The van der Waals surface area contributed by atoms with Crippen LogP contribution in [0.25, 0.3) is 0 Å². The summed E-state index contributed by atoms with van der Waals surface area (Å²) in [5.74, 6) is 0.258. The zero-order valence-electron chi connectivity index (χ0n) is 26.4. The molecule has 12 nitrogen and oxygen atoms in total. The summed E-state index contributed by atoms with van der Waals surface area (Å²) >= 11 is 1.27. The van der Waals surface area contributed by atoms with Crippen molar-refractivity contribution in [2.75, 3.05) is 48.1 Å². The highest BCUT2D eigenvalue weighted by atomic mass is 32.1. The number of aliphatic hydroxyl groups excluding tert-OH is 2. The van der Waals surface area contributed by atoms with Crippen molar-refractivity contribution >= 4 is 55.9 Å². The van der Waals surface area contributed by atoms with Crippen LogP contribution in [0.3, 0.4) is 0 Å². The zero-order chi connectivity index (χ0) is 32.5. The van der Waals surface area contributed by atoms with Gasteiger partial charge in [-0.2, -0.15) is 0 Å². The fourth-order valence-corrected chi connectivity index (χ4v) is 5.47. The van der Waals surface area contributed by atoms with Crippen LogP contribution in [0.1, 0.15) is 31.9 Å². The second-order valence-electron chi connectivity index (χ2n) is 10.8. The van der Waals surface area contributed by atoms with Crippen molar-refractivity contribution in [3.05, 3.63) is 71.8 Å². The van der Waals surface area contributed by atoms with E-state index in [0.717, 1.165) is 17.8 Å². The van der Waals surface area contributed by atoms with Gasteiger partial charge in [-0.05, 0) is 78.2 Å². The number of anilines is 5. The molecule has 2 unspecified atom stereocenters. The maximum absolute atomic E-state index is 12.1. The number of aryl methyl sites for hydroxylation is 1. The quantitative estimate of drug-likeness (QED) is 0.0929. The normalized spacial score (nSPS) is 12.5. The fourth-order valence-electron chi connectivity index (χ4n) is 4.61. The Labute approximate surface area is 267 Å². The number of amides is 1. The lowest BCUT2D eigenvalue weighted by Crippen LogP contribution is -2.38. The number of nitrogens with zero attached hydrogens (tertiary/aromatic N) is 5.